The SMILES string of the molecule is C=CC(=O)OCCCCCCOP(=O)(OCCCCCCOC(=O)C=C)c1ccccc1C. The molecule has 0 N–H and O–H groups in total. The highest BCUT2D eigenvalue weighted by Gasteiger charge is 2.29. The fraction of sp³-hybridized carbons (Fsp3) is 0.520. The minimum atomic E-state index is -3.43. The average molecular weight is 481 g/mol. The van der Waals surface area contributed by atoms with Gasteiger partial charge in [-0.25, -0.2) is 9.59 Å². The maximum Gasteiger partial charge on any atom is 0.361 e. The number of carbonyl (C=O) groups excluding carboxylic acids is 2. The molecule has 0 bridgehead atoms. The van der Waals surface area contributed by atoms with Crippen molar-refractivity contribution in [1.29, 1.82) is 0 Å². The molecule has 0 radical (unpaired) electrons. The predicted octanol–water partition coefficient (Wildman–Crippen LogP) is 5.43. The second kappa shape index (κ2) is 17.3. The third kappa shape index (κ3) is 12.6. The zero-order valence-corrected chi connectivity index (χ0v) is 20.6. The van der Waals surface area contributed by atoms with Gasteiger partial charge in [0.05, 0.1) is 31.7 Å². The molecule has 1 aromatic rings. The summed E-state index contributed by atoms with van der Waals surface area (Å²) in [5, 5.41) is 0.595. The summed E-state index contributed by atoms with van der Waals surface area (Å²) in [5.41, 5.74) is 0.869. The van der Waals surface area contributed by atoms with Gasteiger partial charge in [-0.3, -0.25) is 4.57 Å². The third-order valence-electron chi connectivity index (χ3n) is 4.83. The Hall–Kier alpha value is -2.21. The number of esters is 2. The van der Waals surface area contributed by atoms with Crippen LogP contribution >= 0.6 is 7.60 Å². The molecule has 0 aliphatic rings. The van der Waals surface area contributed by atoms with Gasteiger partial charge >= 0.3 is 19.5 Å². The number of ether oxygens (including phenoxy) is 2. The molecule has 184 valence electrons. The summed E-state index contributed by atoms with van der Waals surface area (Å²) in [5.74, 6) is -0.823. The van der Waals surface area contributed by atoms with Crippen LogP contribution in [0.5, 0.6) is 0 Å². The maximum atomic E-state index is 13.5. The van der Waals surface area contributed by atoms with Gasteiger partial charge in [-0.05, 0) is 57.1 Å². The summed E-state index contributed by atoms with van der Waals surface area (Å²) in [6.07, 6.45) is 8.80. The smallest absolute Gasteiger partial charge is 0.361 e. The first-order valence-corrected chi connectivity index (χ1v) is 13.0. The fourth-order valence-corrected chi connectivity index (χ4v) is 4.86. The van der Waals surface area contributed by atoms with Gasteiger partial charge in [0.15, 0.2) is 0 Å². The topological polar surface area (TPSA) is 88.1 Å². The van der Waals surface area contributed by atoms with E-state index >= 15 is 0 Å². The Bertz CT molecular complexity index is 751. The summed E-state index contributed by atoms with van der Waals surface area (Å²) < 4.78 is 35.1. The van der Waals surface area contributed by atoms with E-state index in [0.717, 1.165) is 69.1 Å². The summed E-state index contributed by atoms with van der Waals surface area (Å²) in [7, 11) is -3.43. The van der Waals surface area contributed by atoms with Gasteiger partial charge in [-0.1, -0.05) is 44.2 Å². The molecule has 0 saturated heterocycles. The Kier molecular flexibility index (Phi) is 15.1. The molecule has 0 saturated carbocycles. The Balaban J connectivity index is 2.38. The molecule has 1 rings (SSSR count). The van der Waals surface area contributed by atoms with E-state index in [9.17, 15) is 14.2 Å². The van der Waals surface area contributed by atoms with Gasteiger partial charge in [0.25, 0.3) is 0 Å². The van der Waals surface area contributed by atoms with Crippen LogP contribution in [0.4, 0.5) is 0 Å². The number of carbonyl (C=O) groups is 2. The molecule has 8 heteroatoms. The number of hydrogen-bond donors (Lipinski definition) is 0. The van der Waals surface area contributed by atoms with Gasteiger partial charge < -0.3 is 18.5 Å². The highest BCUT2D eigenvalue weighted by molar-refractivity contribution is 7.62. The third-order valence-corrected chi connectivity index (χ3v) is 6.97. The van der Waals surface area contributed by atoms with Crippen LogP contribution in [0.2, 0.25) is 0 Å². The van der Waals surface area contributed by atoms with E-state index in [-0.39, 0.29) is 0 Å². The van der Waals surface area contributed by atoms with Crippen LogP contribution in [0, 0.1) is 6.92 Å². The predicted molar refractivity (Wildman–Crippen MR) is 130 cm³/mol. The van der Waals surface area contributed by atoms with E-state index in [1.165, 1.54) is 0 Å². The minimum absolute atomic E-state index is 0.326. The van der Waals surface area contributed by atoms with Crippen molar-refractivity contribution in [3.05, 3.63) is 55.1 Å². The number of unbranched alkanes of at least 4 members (excludes halogenated alkanes) is 6. The lowest BCUT2D eigenvalue weighted by Crippen LogP contribution is -2.14. The van der Waals surface area contributed by atoms with Crippen LogP contribution in [0.25, 0.3) is 0 Å². The zero-order valence-electron chi connectivity index (χ0n) is 19.7. The summed E-state index contributed by atoms with van der Waals surface area (Å²) in [6.45, 7) is 10.00. The van der Waals surface area contributed by atoms with Crippen molar-refractivity contribution in [1.82, 2.24) is 0 Å². The molecule has 0 unspecified atom stereocenters. The average Bonchev–Trinajstić information content (AvgIpc) is 2.82. The molecule has 0 heterocycles. The summed E-state index contributed by atoms with van der Waals surface area (Å²) in [6, 6.07) is 7.40. The van der Waals surface area contributed by atoms with Crippen LogP contribution < -0.4 is 5.30 Å². The molecular formula is C25H37O7P. The Morgan fingerprint density at radius 3 is 1.61 bits per heavy atom. The minimum Gasteiger partial charge on any atom is -0.463 e. The van der Waals surface area contributed by atoms with Crippen molar-refractivity contribution in [2.75, 3.05) is 26.4 Å². The first-order valence-electron chi connectivity index (χ1n) is 11.5. The molecule has 0 spiro atoms. The van der Waals surface area contributed by atoms with Gasteiger partial charge in [-0.15, -0.1) is 0 Å². The number of aryl methyl sites for hydroxylation is 1. The van der Waals surface area contributed by atoms with E-state index in [0.29, 0.717) is 31.7 Å². The highest BCUT2D eigenvalue weighted by atomic mass is 31.2. The van der Waals surface area contributed by atoms with Crippen LogP contribution in [-0.4, -0.2) is 38.4 Å². The molecule has 0 aromatic heterocycles. The van der Waals surface area contributed by atoms with Crippen molar-refractivity contribution >= 4 is 24.8 Å². The second-order valence-corrected chi connectivity index (χ2v) is 9.52. The van der Waals surface area contributed by atoms with Crippen molar-refractivity contribution < 1.29 is 32.7 Å². The van der Waals surface area contributed by atoms with E-state index in [1.807, 2.05) is 25.1 Å². The quantitative estimate of drug-likeness (QED) is 0.113. The Morgan fingerprint density at radius 1 is 0.758 bits per heavy atom. The van der Waals surface area contributed by atoms with Gasteiger partial charge in [-0.2, -0.15) is 0 Å². The monoisotopic (exact) mass is 480 g/mol. The number of benzene rings is 1. The molecule has 0 atom stereocenters. The van der Waals surface area contributed by atoms with Gasteiger partial charge in [0.1, 0.15) is 0 Å². The lowest BCUT2D eigenvalue weighted by molar-refractivity contribution is -0.138. The second-order valence-electron chi connectivity index (χ2n) is 7.52. The zero-order chi connectivity index (χ0) is 24.4. The maximum absolute atomic E-state index is 13.5. The summed E-state index contributed by atoms with van der Waals surface area (Å²) >= 11 is 0. The lowest BCUT2D eigenvalue weighted by Gasteiger charge is -2.20. The number of rotatable bonds is 19. The van der Waals surface area contributed by atoms with Gasteiger partial charge in [0.2, 0.25) is 0 Å². The van der Waals surface area contributed by atoms with Crippen molar-refractivity contribution in [2.24, 2.45) is 0 Å². The molecule has 0 amide bonds. The molecule has 7 nitrogen and oxygen atoms in total. The molecule has 1 aromatic carbocycles. The molecule has 0 aliphatic carbocycles. The summed E-state index contributed by atoms with van der Waals surface area (Å²) in [4.78, 5) is 22.0. The molecule has 0 aliphatic heterocycles. The largest absolute Gasteiger partial charge is 0.463 e. The van der Waals surface area contributed by atoms with Crippen molar-refractivity contribution in [2.45, 2.75) is 58.3 Å². The Morgan fingerprint density at radius 2 is 1.18 bits per heavy atom. The first-order chi connectivity index (χ1) is 15.9. The first kappa shape index (κ1) is 28.8. The van der Waals surface area contributed by atoms with E-state index in [4.69, 9.17) is 18.5 Å². The lowest BCUT2D eigenvalue weighted by atomic mass is 10.2. The number of hydrogen-bond acceptors (Lipinski definition) is 7. The van der Waals surface area contributed by atoms with Crippen LogP contribution in [-0.2, 0) is 32.7 Å². The standard InChI is InChI=1S/C25H37O7P/c1-4-24(26)29-18-12-6-8-14-20-31-33(28,23-17-11-10-16-22(23)3)32-21-15-9-7-13-19-30-25(27)5-2/h4-5,10-11,16-17H,1-2,6-9,12-15,18-21H2,3H3. The fourth-order valence-electron chi connectivity index (χ4n) is 3.00. The molecule has 33 heavy (non-hydrogen) atoms. The van der Waals surface area contributed by atoms with Crippen molar-refractivity contribution in [3.63, 3.8) is 0 Å². The van der Waals surface area contributed by atoms with Crippen molar-refractivity contribution in [3.8, 4) is 0 Å². The van der Waals surface area contributed by atoms with E-state index in [1.54, 1.807) is 6.07 Å². The van der Waals surface area contributed by atoms with Gasteiger partial charge in [0, 0.05) is 12.2 Å². The molecular weight excluding hydrogens is 443 g/mol. The van der Waals surface area contributed by atoms with Crippen LogP contribution in [0.1, 0.15) is 56.9 Å². The normalized spacial score (nSPS) is 11.1. The van der Waals surface area contributed by atoms with E-state index in [2.05, 4.69) is 13.2 Å². The van der Waals surface area contributed by atoms with Crippen LogP contribution in [0.3, 0.4) is 0 Å². The Labute approximate surface area is 197 Å². The van der Waals surface area contributed by atoms with E-state index < -0.39 is 19.5 Å². The molecule has 0 fully saturated rings. The highest BCUT2D eigenvalue weighted by Crippen LogP contribution is 2.48. The van der Waals surface area contributed by atoms with Crippen LogP contribution in [0.15, 0.2) is 49.6 Å².